The Morgan fingerprint density at radius 3 is 2.86 bits per heavy atom. The van der Waals surface area contributed by atoms with Crippen LogP contribution in [0.1, 0.15) is 22.4 Å². The molecule has 28 heavy (non-hydrogen) atoms. The Hall–Kier alpha value is -2.48. The zero-order valence-corrected chi connectivity index (χ0v) is 16.9. The molecule has 2 heterocycles. The van der Waals surface area contributed by atoms with Crippen molar-refractivity contribution >= 4 is 17.6 Å². The number of para-hydroxylation sites is 1. The molecule has 1 unspecified atom stereocenters. The van der Waals surface area contributed by atoms with Gasteiger partial charge in [-0.1, -0.05) is 12.1 Å². The summed E-state index contributed by atoms with van der Waals surface area (Å²) in [6, 6.07) is 7.39. The molecule has 6 N–H and O–H groups in total. The second-order valence-corrected chi connectivity index (χ2v) is 7.60. The summed E-state index contributed by atoms with van der Waals surface area (Å²) in [5, 5.41) is 10.0. The van der Waals surface area contributed by atoms with Crippen LogP contribution in [0.4, 0.5) is 5.82 Å². The van der Waals surface area contributed by atoms with Crippen LogP contribution in [0.2, 0.25) is 0 Å². The zero-order valence-electron chi connectivity index (χ0n) is 16.9. The third-order valence-electron chi connectivity index (χ3n) is 5.39. The average molecular weight is 386 g/mol. The minimum atomic E-state index is 0.155. The van der Waals surface area contributed by atoms with Crippen molar-refractivity contribution in [3.8, 4) is 5.75 Å². The molecule has 0 amide bonds. The van der Waals surface area contributed by atoms with Gasteiger partial charge in [0.05, 0.1) is 13.2 Å². The summed E-state index contributed by atoms with van der Waals surface area (Å²) in [6.07, 6.45) is 1.83. The Morgan fingerprint density at radius 2 is 2.14 bits per heavy atom. The van der Waals surface area contributed by atoms with Crippen LogP contribution in [-0.2, 0) is 11.3 Å². The highest BCUT2D eigenvalue weighted by atomic mass is 16.5. The Kier molecular flexibility index (Phi) is 6.28. The van der Waals surface area contributed by atoms with Gasteiger partial charge in [-0.2, -0.15) is 0 Å². The number of nitrogens with one attached hydrogen (secondary N) is 1. The van der Waals surface area contributed by atoms with Gasteiger partial charge in [-0.15, -0.1) is 0 Å². The van der Waals surface area contributed by atoms with E-state index in [4.69, 9.17) is 16.2 Å². The van der Waals surface area contributed by atoms with Crippen molar-refractivity contribution in [3.63, 3.8) is 0 Å². The molecule has 0 saturated carbocycles. The minimum absolute atomic E-state index is 0.155. The van der Waals surface area contributed by atoms with Crippen molar-refractivity contribution in [1.29, 1.82) is 0 Å². The molecule has 1 fully saturated rings. The van der Waals surface area contributed by atoms with Crippen LogP contribution in [0, 0.1) is 6.92 Å². The summed E-state index contributed by atoms with van der Waals surface area (Å²) >= 11 is 0. The number of H-pyrrole nitrogens is 1. The number of likely N-dealkylation sites (N-methyl/N-ethyl adjacent to an activating group) is 1. The molecule has 152 valence electrons. The fraction of sp³-hybridized carbons (Fsp3) is 0.429. The largest absolute Gasteiger partial charge is 0.507 e. The van der Waals surface area contributed by atoms with Gasteiger partial charge >= 0.3 is 0 Å². The topological polar surface area (TPSA) is 104 Å². The third kappa shape index (κ3) is 4.49. The molecule has 1 aliphatic rings. The number of benzene rings is 1. The first-order valence-corrected chi connectivity index (χ1v) is 9.55. The van der Waals surface area contributed by atoms with Crippen LogP contribution >= 0.6 is 0 Å². The molecule has 7 nitrogen and oxygen atoms in total. The number of nitrogens with zero attached hydrogens (tertiary/aromatic N) is 2. The molecule has 1 aromatic heterocycles. The first kappa shape index (κ1) is 20.3. The maximum atomic E-state index is 10.0. The quantitative estimate of drug-likeness (QED) is 0.626. The van der Waals surface area contributed by atoms with Crippen molar-refractivity contribution in [2.45, 2.75) is 19.5 Å². The molecule has 1 saturated heterocycles. The van der Waals surface area contributed by atoms with Gasteiger partial charge in [0.15, 0.2) is 0 Å². The molecule has 1 atom stereocenters. The highest BCUT2D eigenvalue weighted by Gasteiger charge is 2.22. The van der Waals surface area contributed by atoms with Gasteiger partial charge in [-0.25, -0.2) is 0 Å². The van der Waals surface area contributed by atoms with E-state index >= 15 is 0 Å². The monoisotopic (exact) mass is 385 g/mol. The van der Waals surface area contributed by atoms with E-state index in [1.165, 1.54) is 0 Å². The van der Waals surface area contributed by atoms with Gasteiger partial charge in [0.2, 0.25) is 0 Å². The molecule has 2 aromatic rings. The minimum Gasteiger partial charge on any atom is -0.507 e. The molecule has 7 heteroatoms. The lowest BCUT2D eigenvalue weighted by Crippen LogP contribution is -2.41. The number of hydrogen-bond donors (Lipinski definition) is 4. The van der Waals surface area contributed by atoms with Crippen LogP contribution in [0.5, 0.6) is 5.75 Å². The highest BCUT2D eigenvalue weighted by molar-refractivity contribution is 5.85. The van der Waals surface area contributed by atoms with Crippen molar-refractivity contribution in [2.24, 2.45) is 5.73 Å². The van der Waals surface area contributed by atoms with E-state index in [0.29, 0.717) is 23.1 Å². The number of anilines is 1. The summed E-state index contributed by atoms with van der Waals surface area (Å²) < 4.78 is 5.74. The van der Waals surface area contributed by atoms with E-state index < -0.39 is 0 Å². The molecular formula is C21H31N5O2. The first-order chi connectivity index (χ1) is 13.4. The van der Waals surface area contributed by atoms with E-state index in [1.807, 2.05) is 19.1 Å². The summed E-state index contributed by atoms with van der Waals surface area (Å²) in [6.45, 7) is 6.12. The Labute approximate surface area is 166 Å². The number of ether oxygens (including phenoxy) is 1. The third-order valence-corrected chi connectivity index (χ3v) is 5.39. The molecule has 1 aromatic carbocycles. The summed E-state index contributed by atoms with van der Waals surface area (Å²) in [4.78, 5) is 7.90. The van der Waals surface area contributed by atoms with Crippen LogP contribution in [0.25, 0.3) is 11.8 Å². The smallest absolute Gasteiger partial charge is 0.124 e. The van der Waals surface area contributed by atoms with E-state index in [1.54, 1.807) is 18.2 Å². The van der Waals surface area contributed by atoms with Crippen LogP contribution in [0.15, 0.2) is 24.3 Å². The van der Waals surface area contributed by atoms with Crippen LogP contribution in [0.3, 0.4) is 0 Å². The summed E-state index contributed by atoms with van der Waals surface area (Å²) in [5.74, 6) is 0.739. The number of aromatic hydroxyl groups is 1. The Bertz CT molecular complexity index is 843. The predicted molar refractivity (Wildman–Crippen MR) is 114 cm³/mol. The maximum absolute atomic E-state index is 10.0. The van der Waals surface area contributed by atoms with Gasteiger partial charge in [-0.05, 0) is 44.8 Å². The van der Waals surface area contributed by atoms with Crippen molar-refractivity contribution in [3.05, 3.63) is 46.6 Å². The molecule has 0 spiro atoms. The van der Waals surface area contributed by atoms with Crippen molar-refractivity contribution in [1.82, 2.24) is 14.8 Å². The predicted octanol–water partition coefficient (Wildman–Crippen LogP) is 1.83. The zero-order chi connectivity index (χ0) is 20.3. The number of aromatic nitrogens is 1. The maximum Gasteiger partial charge on any atom is 0.124 e. The van der Waals surface area contributed by atoms with Crippen LogP contribution < -0.4 is 11.5 Å². The van der Waals surface area contributed by atoms with E-state index in [0.717, 1.165) is 49.7 Å². The number of aromatic amines is 1. The molecule has 3 rings (SSSR count). The first-order valence-electron chi connectivity index (χ1n) is 9.55. The highest BCUT2D eigenvalue weighted by Crippen LogP contribution is 2.28. The Morgan fingerprint density at radius 1 is 1.39 bits per heavy atom. The van der Waals surface area contributed by atoms with Crippen LogP contribution in [-0.4, -0.2) is 66.3 Å². The van der Waals surface area contributed by atoms with Crippen molar-refractivity contribution in [2.75, 3.05) is 46.1 Å². The molecule has 0 radical (unpaired) electrons. The lowest BCUT2D eigenvalue weighted by Gasteiger charge is -2.27. The fourth-order valence-corrected chi connectivity index (χ4v) is 3.52. The molecule has 0 aliphatic carbocycles. The second kappa shape index (κ2) is 8.68. The second-order valence-electron chi connectivity index (χ2n) is 7.60. The Balaban J connectivity index is 1.82. The number of nitrogens with two attached hydrogens (primary N) is 2. The summed E-state index contributed by atoms with van der Waals surface area (Å²) in [5.41, 5.74) is 16.6. The fourth-order valence-electron chi connectivity index (χ4n) is 3.52. The lowest BCUT2D eigenvalue weighted by molar-refractivity contribution is 0.103. The van der Waals surface area contributed by atoms with Gasteiger partial charge in [0.25, 0.3) is 0 Å². The number of hydrogen-bond acceptors (Lipinski definition) is 6. The van der Waals surface area contributed by atoms with Gasteiger partial charge < -0.3 is 31.2 Å². The molecule has 1 aliphatic heterocycles. The number of nitrogen functional groups attached to an aromatic ring is 1. The van der Waals surface area contributed by atoms with Gasteiger partial charge in [-0.3, -0.25) is 4.90 Å². The standard InChI is InChI=1S/C21H31N5O2/c1-14-17(10-18(22)16-6-4-5-7-20(16)27)21(23)24-19(14)12-26-8-9-28-13-15(11-26)25(2)3/h4-7,10,15,24,27H,8-9,11-13,22-23H2,1-3H3/b18-10-. The van der Waals surface area contributed by atoms with E-state index in [2.05, 4.69) is 28.9 Å². The number of rotatable bonds is 5. The number of phenols is 1. The summed E-state index contributed by atoms with van der Waals surface area (Å²) in [7, 11) is 4.17. The lowest BCUT2D eigenvalue weighted by atomic mass is 10.1. The molecule has 0 bridgehead atoms. The normalized spacial score (nSPS) is 19.1. The van der Waals surface area contributed by atoms with E-state index in [-0.39, 0.29) is 5.75 Å². The average Bonchev–Trinajstić information content (AvgIpc) is 2.82. The van der Waals surface area contributed by atoms with E-state index in [9.17, 15) is 5.11 Å². The van der Waals surface area contributed by atoms with Gasteiger partial charge in [0.1, 0.15) is 11.6 Å². The molecular weight excluding hydrogens is 354 g/mol. The number of phenolic OH excluding ortho intramolecular Hbond substituents is 1. The van der Waals surface area contributed by atoms with Gasteiger partial charge in [0, 0.05) is 48.2 Å². The van der Waals surface area contributed by atoms with Crippen molar-refractivity contribution < 1.29 is 9.84 Å². The SMILES string of the molecule is Cc1c(CN2CCOCC(N(C)C)C2)[nH]c(N)c1/C=C(\N)c1ccccc1O.